The van der Waals surface area contributed by atoms with Gasteiger partial charge in [0.05, 0.1) is 22.9 Å². The number of oxime groups is 1. The molecule has 0 radical (unpaired) electrons. The fraction of sp³-hybridized carbons (Fsp3) is 0.552. The van der Waals surface area contributed by atoms with E-state index in [0.29, 0.717) is 35.8 Å². The molecule has 0 aromatic rings. The fourth-order valence-electron chi connectivity index (χ4n) is 4.51. The maximum Gasteiger partial charge on any atom is 0.105 e. The highest BCUT2D eigenvalue weighted by atomic mass is 35.5. The standard InChI is InChI=1S/C29H42ClN3O3/c1-6-8-20(2)17-21(3)9-12-25(32-35)22(4)31-26(19-33-15-7-16-33)28(34)23-13-14-29(5,27(30)18-23)36-24-10-11-24/h6,8,13,17-18,24,26,28,31,34-35H,1,4,7,9-12,14-16,19H2,2-3,5H3/b20-8+,21-17+,32-25+/t26-,28-,29?/m1/s1. The van der Waals surface area contributed by atoms with Crippen LogP contribution in [0.2, 0.25) is 0 Å². The molecular formula is C29H42ClN3O3. The van der Waals surface area contributed by atoms with Gasteiger partial charge in [-0.3, -0.25) is 0 Å². The van der Waals surface area contributed by atoms with Gasteiger partial charge in [0.2, 0.25) is 0 Å². The SMILES string of the molecule is C=C/C=C(C)/C=C(\C)CC/C(=N\O)C(=C)N[C@H](CN1CCC1)[C@H](O)C1=CCC(C)(OC2CC2)C(Cl)=C1. The third-order valence-corrected chi connectivity index (χ3v) is 7.55. The van der Waals surface area contributed by atoms with Gasteiger partial charge >= 0.3 is 0 Å². The van der Waals surface area contributed by atoms with Gasteiger partial charge in [-0.05, 0) is 84.0 Å². The maximum absolute atomic E-state index is 11.4. The van der Waals surface area contributed by atoms with Crippen molar-refractivity contribution in [3.8, 4) is 0 Å². The van der Waals surface area contributed by atoms with Crippen molar-refractivity contribution in [3.63, 3.8) is 0 Å². The normalized spacial score (nSPS) is 25.4. The molecule has 1 saturated carbocycles. The maximum atomic E-state index is 11.4. The fourth-order valence-corrected chi connectivity index (χ4v) is 4.76. The zero-order valence-corrected chi connectivity index (χ0v) is 22.7. The number of halogens is 1. The van der Waals surface area contributed by atoms with Crippen LogP contribution in [0.25, 0.3) is 0 Å². The van der Waals surface area contributed by atoms with E-state index in [1.165, 1.54) is 5.57 Å². The number of nitrogens with zero attached hydrogens (tertiary/aromatic N) is 2. The number of likely N-dealkylation sites (tertiary alicyclic amines) is 1. The van der Waals surface area contributed by atoms with Crippen LogP contribution in [0.15, 0.2) is 76.1 Å². The highest BCUT2D eigenvalue weighted by molar-refractivity contribution is 6.31. The van der Waals surface area contributed by atoms with Gasteiger partial charge in [0, 0.05) is 6.54 Å². The first-order chi connectivity index (χ1) is 17.1. The Bertz CT molecular complexity index is 972. The molecule has 2 fully saturated rings. The van der Waals surface area contributed by atoms with E-state index in [9.17, 15) is 10.3 Å². The minimum Gasteiger partial charge on any atom is -0.411 e. The Hall–Kier alpha value is -2.12. The topological polar surface area (TPSA) is 77.3 Å². The molecule has 0 aromatic carbocycles. The Kier molecular flexibility index (Phi) is 10.2. The van der Waals surface area contributed by atoms with Gasteiger partial charge in [-0.15, -0.1) is 0 Å². The molecule has 1 unspecified atom stereocenters. The Labute approximate surface area is 221 Å². The Morgan fingerprint density at radius 2 is 2.08 bits per heavy atom. The summed E-state index contributed by atoms with van der Waals surface area (Å²) in [6.07, 6.45) is 14.4. The Balaban J connectivity index is 1.66. The van der Waals surface area contributed by atoms with Crippen LogP contribution in [0.1, 0.15) is 59.3 Å². The third-order valence-electron chi connectivity index (χ3n) is 7.04. The molecular weight excluding hydrogens is 474 g/mol. The summed E-state index contributed by atoms with van der Waals surface area (Å²) in [6, 6.07) is -0.329. The number of aliphatic hydroxyl groups is 1. The molecule has 36 heavy (non-hydrogen) atoms. The average molecular weight is 516 g/mol. The summed E-state index contributed by atoms with van der Waals surface area (Å²) in [7, 11) is 0. The van der Waals surface area contributed by atoms with Gasteiger partial charge in [-0.2, -0.15) is 0 Å². The molecule has 3 rings (SSSR count). The molecule has 0 aromatic heterocycles. The lowest BCUT2D eigenvalue weighted by atomic mass is 9.88. The summed E-state index contributed by atoms with van der Waals surface area (Å²) < 4.78 is 6.16. The van der Waals surface area contributed by atoms with E-state index < -0.39 is 11.7 Å². The molecule has 0 bridgehead atoms. The zero-order valence-electron chi connectivity index (χ0n) is 22.0. The molecule has 3 aliphatic rings. The van der Waals surface area contributed by atoms with E-state index in [-0.39, 0.29) is 12.1 Å². The molecule has 2 aliphatic carbocycles. The molecule has 6 nitrogen and oxygen atoms in total. The summed E-state index contributed by atoms with van der Waals surface area (Å²) >= 11 is 6.66. The van der Waals surface area contributed by atoms with Crippen LogP contribution in [0.4, 0.5) is 0 Å². The minimum absolute atomic E-state index is 0.290. The number of allylic oxidation sites excluding steroid dienone is 6. The second kappa shape index (κ2) is 12.9. The molecule has 0 spiro atoms. The molecule has 1 aliphatic heterocycles. The predicted octanol–water partition coefficient (Wildman–Crippen LogP) is 5.60. The van der Waals surface area contributed by atoms with Crippen molar-refractivity contribution in [2.75, 3.05) is 19.6 Å². The predicted molar refractivity (Wildman–Crippen MR) is 148 cm³/mol. The van der Waals surface area contributed by atoms with Gasteiger partial charge in [0.1, 0.15) is 17.4 Å². The van der Waals surface area contributed by atoms with E-state index in [4.69, 9.17) is 16.3 Å². The lowest BCUT2D eigenvalue weighted by Crippen LogP contribution is -2.52. The highest BCUT2D eigenvalue weighted by Crippen LogP contribution is 2.40. The van der Waals surface area contributed by atoms with E-state index in [1.54, 1.807) is 6.08 Å². The molecule has 7 heteroatoms. The van der Waals surface area contributed by atoms with Crippen molar-refractivity contribution in [1.29, 1.82) is 0 Å². The highest BCUT2D eigenvalue weighted by Gasteiger charge is 2.39. The van der Waals surface area contributed by atoms with Crippen LogP contribution < -0.4 is 5.32 Å². The second-order valence-electron chi connectivity index (χ2n) is 10.5. The molecule has 198 valence electrons. The number of aliphatic hydroxyl groups excluding tert-OH is 1. The smallest absolute Gasteiger partial charge is 0.105 e. The van der Waals surface area contributed by atoms with Gasteiger partial charge in [0.25, 0.3) is 0 Å². The van der Waals surface area contributed by atoms with Crippen molar-refractivity contribution < 1.29 is 15.1 Å². The van der Waals surface area contributed by atoms with Gasteiger partial charge in [0.15, 0.2) is 0 Å². The summed E-state index contributed by atoms with van der Waals surface area (Å²) in [5.41, 5.74) is 3.52. The molecule has 1 heterocycles. The number of nitrogens with one attached hydrogen (secondary N) is 1. The van der Waals surface area contributed by atoms with E-state index in [2.05, 4.69) is 34.6 Å². The van der Waals surface area contributed by atoms with Crippen LogP contribution in [0, 0.1) is 0 Å². The van der Waals surface area contributed by atoms with E-state index in [1.807, 2.05) is 39.0 Å². The lowest BCUT2D eigenvalue weighted by Gasteiger charge is -2.38. The second-order valence-corrected chi connectivity index (χ2v) is 10.9. The van der Waals surface area contributed by atoms with Gasteiger partial charge in [-0.1, -0.05) is 65.4 Å². The van der Waals surface area contributed by atoms with Crippen molar-refractivity contribution in [1.82, 2.24) is 10.2 Å². The first kappa shape index (κ1) is 28.5. The third kappa shape index (κ3) is 7.94. The summed E-state index contributed by atoms with van der Waals surface area (Å²) in [6.45, 7) is 16.6. The van der Waals surface area contributed by atoms with Gasteiger partial charge in [-0.25, -0.2) is 0 Å². The Morgan fingerprint density at radius 3 is 2.64 bits per heavy atom. The van der Waals surface area contributed by atoms with Crippen LogP contribution in [0.3, 0.4) is 0 Å². The number of hydrogen-bond acceptors (Lipinski definition) is 6. The monoisotopic (exact) mass is 515 g/mol. The largest absolute Gasteiger partial charge is 0.411 e. The lowest BCUT2D eigenvalue weighted by molar-refractivity contribution is -0.00986. The van der Waals surface area contributed by atoms with Crippen molar-refractivity contribution in [2.24, 2.45) is 5.16 Å². The summed E-state index contributed by atoms with van der Waals surface area (Å²) in [4.78, 5) is 2.29. The minimum atomic E-state index is -0.796. The van der Waals surface area contributed by atoms with Crippen LogP contribution >= 0.6 is 11.6 Å². The quantitative estimate of drug-likeness (QED) is 0.121. The first-order valence-corrected chi connectivity index (χ1v) is 13.3. The average Bonchev–Trinajstić information content (AvgIpc) is 3.61. The number of ether oxygens (including phenoxy) is 1. The van der Waals surface area contributed by atoms with Crippen molar-refractivity contribution in [3.05, 3.63) is 71.0 Å². The van der Waals surface area contributed by atoms with Gasteiger partial charge < -0.3 is 25.3 Å². The zero-order chi connectivity index (χ0) is 26.3. The van der Waals surface area contributed by atoms with Crippen molar-refractivity contribution in [2.45, 2.75) is 83.1 Å². The number of hydrogen-bond donors (Lipinski definition) is 3. The van der Waals surface area contributed by atoms with E-state index >= 15 is 0 Å². The molecule has 1 saturated heterocycles. The molecule has 3 N–H and O–H groups in total. The van der Waals surface area contributed by atoms with Crippen LogP contribution in [-0.4, -0.2) is 64.4 Å². The number of rotatable bonds is 14. The first-order valence-electron chi connectivity index (χ1n) is 12.9. The van der Waals surface area contributed by atoms with Crippen LogP contribution in [0.5, 0.6) is 0 Å². The molecule has 0 amide bonds. The van der Waals surface area contributed by atoms with Crippen LogP contribution in [-0.2, 0) is 4.74 Å². The summed E-state index contributed by atoms with van der Waals surface area (Å²) in [5, 5.41) is 28.6. The molecule has 3 atom stereocenters. The summed E-state index contributed by atoms with van der Waals surface area (Å²) in [5.74, 6) is 0. The van der Waals surface area contributed by atoms with Crippen molar-refractivity contribution >= 4 is 17.3 Å². The van der Waals surface area contributed by atoms with E-state index in [0.717, 1.165) is 49.9 Å². The Morgan fingerprint density at radius 1 is 1.36 bits per heavy atom.